The summed E-state index contributed by atoms with van der Waals surface area (Å²) in [6.45, 7) is 8.07. The third kappa shape index (κ3) is 3.41. The predicted molar refractivity (Wildman–Crippen MR) is 149 cm³/mol. The van der Waals surface area contributed by atoms with E-state index >= 15 is 0 Å². The number of fused-ring (bicyclic) bond motifs is 3. The Kier molecular flexibility index (Phi) is 4.86. The molecule has 0 saturated heterocycles. The van der Waals surface area contributed by atoms with Gasteiger partial charge < -0.3 is 0 Å². The second kappa shape index (κ2) is 8.17. The molecule has 0 heteroatoms. The van der Waals surface area contributed by atoms with Crippen molar-refractivity contribution in [3.05, 3.63) is 132 Å². The maximum Gasteiger partial charge on any atom is -0.00988 e. The standard InChI is InChI=1S/C34H24/c1-3-8-24-15-17-29(19-23(24)2)31-13-6-11-27-21-28-12-7-14-32(34(28)22-33(27)31)30-18-16-25-9-4-5-10-26(25)20-30/h3-22H,1-2H2/b24-8-. The Balaban J connectivity index is 1.60. The Morgan fingerprint density at radius 1 is 0.500 bits per heavy atom. The zero-order chi connectivity index (χ0) is 23.1. The quantitative estimate of drug-likeness (QED) is 0.250. The summed E-state index contributed by atoms with van der Waals surface area (Å²) in [7, 11) is 0. The molecule has 0 spiro atoms. The third-order valence-corrected chi connectivity index (χ3v) is 6.69. The van der Waals surface area contributed by atoms with Crippen LogP contribution in [-0.2, 0) is 0 Å². The maximum atomic E-state index is 4.25. The number of benzene rings is 6. The van der Waals surface area contributed by atoms with Crippen LogP contribution >= 0.6 is 0 Å². The first-order valence-corrected chi connectivity index (χ1v) is 11.6. The van der Waals surface area contributed by atoms with Crippen LogP contribution in [0.4, 0.5) is 0 Å². The molecule has 6 rings (SSSR count). The lowest BCUT2D eigenvalue weighted by atomic mass is 9.91. The highest BCUT2D eigenvalue weighted by Crippen LogP contribution is 2.36. The molecule has 6 aromatic carbocycles. The summed E-state index contributed by atoms with van der Waals surface area (Å²) >= 11 is 0. The minimum absolute atomic E-state index is 1.01. The summed E-state index contributed by atoms with van der Waals surface area (Å²) in [5.74, 6) is 0. The highest BCUT2D eigenvalue weighted by Gasteiger charge is 2.10. The van der Waals surface area contributed by atoms with E-state index in [-0.39, 0.29) is 0 Å². The lowest BCUT2D eigenvalue weighted by Crippen LogP contribution is -2.22. The molecular weight excluding hydrogens is 408 g/mol. The molecule has 0 nitrogen and oxygen atoms in total. The average molecular weight is 433 g/mol. The predicted octanol–water partition coefficient (Wildman–Crippen LogP) is 7.86. The minimum Gasteiger partial charge on any atom is -0.0990 e. The van der Waals surface area contributed by atoms with Gasteiger partial charge in [0.2, 0.25) is 0 Å². The largest absolute Gasteiger partial charge is 0.0990 e. The topological polar surface area (TPSA) is 0 Å². The fourth-order valence-corrected chi connectivity index (χ4v) is 4.98. The maximum absolute atomic E-state index is 4.25. The van der Waals surface area contributed by atoms with Gasteiger partial charge in [-0.05, 0) is 89.3 Å². The van der Waals surface area contributed by atoms with Crippen LogP contribution in [-0.4, -0.2) is 0 Å². The summed E-state index contributed by atoms with van der Waals surface area (Å²) in [4.78, 5) is 0. The number of hydrogen-bond acceptors (Lipinski definition) is 0. The van der Waals surface area contributed by atoms with Crippen LogP contribution < -0.4 is 10.4 Å². The van der Waals surface area contributed by atoms with Crippen LogP contribution in [0.25, 0.3) is 67.2 Å². The van der Waals surface area contributed by atoms with Crippen LogP contribution in [0.2, 0.25) is 0 Å². The second-order valence-corrected chi connectivity index (χ2v) is 8.78. The molecule has 0 saturated carbocycles. The van der Waals surface area contributed by atoms with E-state index in [0.717, 1.165) is 10.4 Å². The molecule has 0 amide bonds. The van der Waals surface area contributed by atoms with Gasteiger partial charge in [0.25, 0.3) is 0 Å². The van der Waals surface area contributed by atoms with Crippen molar-refractivity contribution in [2.45, 2.75) is 0 Å². The third-order valence-electron chi connectivity index (χ3n) is 6.69. The molecule has 34 heavy (non-hydrogen) atoms. The fourth-order valence-electron chi connectivity index (χ4n) is 4.98. The van der Waals surface area contributed by atoms with Crippen molar-refractivity contribution < 1.29 is 0 Å². The van der Waals surface area contributed by atoms with Crippen LogP contribution in [0.1, 0.15) is 0 Å². The smallest absolute Gasteiger partial charge is 0.00988 e. The molecule has 0 aliphatic carbocycles. The number of hydrogen-bond donors (Lipinski definition) is 0. The van der Waals surface area contributed by atoms with E-state index < -0.39 is 0 Å². The van der Waals surface area contributed by atoms with Crippen molar-refractivity contribution in [1.29, 1.82) is 0 Å². The van der Waals surface area contributed by atoms with Gasteiger partial charge in [-0.1, -0.05) is 110 Å². The van der Waals surface area contributed by atoms with Crippen LogP contribution in [0.15, 0.2) is 122 Å². The zero-order valence-corrected chi connectivity index (χ0v) is 19.0. The molecule has 0 heterocycles. The Morgan fingerprint density at radius 2 is 1.12 bits per heavy atom. The highest BCUT2D eigenvalue weighted by atomic mass is 14.1. The first-order valence-electron chi connectivity index (χ1n) is 11.6. The van der Waals surface area contributed by atoms with Gasteiger partial charge in [0.15, 0.2) is 0 Å². The summed E-state index contributed by atoms with van der Waals surface area (Å²) in [6, 6.07) is 39.6. The molecule has 0 N–H and O–H groups in total. The molecule has 6 aromatic rings. The van der Waals surface area contributed by atoms with E-state index in [2.05, 4.69) is 122 Å². The average Bonchev–Trinajstić information content (AvgIpc) is 2.88. The van der Waals surface area contributed by atoms with Crippen LogP contribution in [0.3, 0.4) is 0 Å². The van der Waals surface area contributed by atoms with E-state index in [1.807, 2.05) is 12.2 Å². The van der Waals surface area contributed by atoms with E-state index in [0.29, 0.717) is 0 Å². The lowest BCUT2D eigenvalue weighted by Gasteiger charge is -2.12. The van der Waals surface area contributed by atoms with Gasteiger partial charge in [-0.2, -0.15) is 0 Å². The molecule has 0 atom stereocenters. The monoisotopic (exact) mass is 432 g/mol. The number of rotatable bonds is 3. The summed E-state index contributed by atoms with van der Waals surface area (Å²) in [6.07, 6.45) is 3.81. The molecule has 0 aromatic heterocycles. The van der Waals surface area contributed by atoms with Crippen molar-refractivity contribution in [2.75, 3.05) is 0 Å². The Morgan fingerprint density at radius 3 is 1.79 bits per heavy atom. The molecule has 0 radical (unpaired) electrons. The molecular formula is C34H24. The molecule has 0 fully saturated rings. The van der Waals surface area contributed by atoms with E-state index in [1.54, 1.807) is 0 Å². The van der Waals surface area contributed by atoms with Gasteiger partial charge in [-0.25, -0.2) is 0 Å². The summed E-state index contributed by atoms with van der Waals surface area (Å²) < 4.78 is 0. The van der Waals surface area contributed by atoms with Gasteiger partial charge >= 0.3 is 0 Å². The molecule has 0 aliphatic heterocycles. The SMILES string of the molecule is C=C/C=c1/ccc(-c2cccc3cc4cccc(-c5ccc6ccccc6c5)c4cc23)cc1=C. The van der Waals surface area contributed by atoms with Crippen molar-refractivity contribution in [3.63, 3.8) is 0 Å². The Labute approximate surface area is 199 Å². The first-order chi connectivity index (χ1) is 16.7. The van der Waals surface area contributed by atoms with Crippen molar-refractivity contribution in [1.82, 2.24) is 0 Å². The fraction of sp³-hybridized carbons (Fsp3) is 0. The lowest BCUT2D eigenvalue weighted by molar-refractivity contribution is 1.52. The van der Waals surface area contributed by atoms with Gasteiger partial charge in [-0.3, -0.25) is 0 Å². The van der Waals surface area contributed by atoms with E-state index in [4.69, 9.17) is 0 Å². The van der Waals surface area contributed by atoms with Crippen molar-refractivity contribution in [2.24, 2.45) is 0 Å². The van der Waals surface area contributed by atoms with Crippen LogP contribution in [0, 0.1) is 0 Å². The van der Waals surface area contributed by atoms with Crippen molar-refractivity contribution >= 4 is 45.0 Å². The Bertz CT molecular complexity index is 1840. The Hall–Kier alpha value is -4.42. The summed E-state index contributed by atoms with van der Waals surface area (Å²) in [5.41, 5.74) is 4.90. The van der Waals surface area contributed by atoms with Crippen molar-refractivity contribution in [3.8, 4) is 22.3 Å². The van der Waals surface area contributed by atoms with Gasteiger partial charge in [-0.15, -0.1) is 0 Å². The summed E-state index contributed by atoms with van der Waals surface area (Å²) in [5, 5.41) is 9.65. The number of allylic oxidation sites excluding steroid dienone is 1. The minimum atomic E-state index is 1.01. The van der Waals surface area contributed by atoms with Gasteiger partial charge in [0.1, 0.15) is 0 Å². The second-order valence-electron chi connectivity index (χ2n) is 8.78. The van der Waals surface area contributed by atoms with Gasteiger partial charge in [0.05, 0.1) is 0 Å². The van der Waals surface area contributed by atoms with Gasteiger partial charge in [0, 0.05) is 0 Å². The first kappa shape index (κ1) is 20.2. The van der Waals surface area contributed by atoms with Crippen LogP contribution in [0.5, 0.6) is 0 Å². The molecule has 0 aliphatic rings. The van der Waals surface area contributed by atoms with E-state index in [1.165, 1.54) is 54.6 Å². The van der Waals surface area contributed by atoms with E-state index in [9.17, 15) is 0 Å². The normalized spacial score (nSPS) is 11.9. The highest BCUT2D eigenvalue weighted by molar-refractivity contribution is 6.09. The molecule has 160 valence electrons. The molecule has 0 unspecified atom stereocenters. The molecule has 0 bridgehead atoms. The zero-order valence-electron chi connectivity index (χ0n) is 19.0.